The topological polar surface area (TPSA) is 40.5 Å². The third-order valence-electron chi connectivity index (χ3n) is 5.38. The van der Waals surface area contributed by atoms with Crippen LogP contribution in [0.5, 0.6) is 0 Å². The van der Waals surface area contributed by atoms with Crippen molar-refractivity contribution in [3.63, 3.8) is 0 Å². The van der Waals surface area contributed by atoms with Crippen LogP contribution >= 0.6 is 0 Å². The van der Waals surface area contributed by atoms with Crippen LogP contribution in [0.3, 0.4) is 0 Å². The lowest BCUT2D eigenvalue weighted by atomic mass is 9.76. The number of aliphatic hydroxyl groups is 2. The summed E-state index contributed by atoms with van der Waals surface area (Å²) in [5.74, 6) is 0.156. The molecule has 1 aliphatic rings. The second-order valence-corrected chi connectivity index (χ2v) is 6.73. The lowest BCUT2D eigenvalue weighted by Crippen LogP contribution is -2.26. The van der Waals surface area contributed by atoms with Gasteiger partial charge in [0.2, 0.25) is 0 Å². The van der Waals surface area contributed by atoms with Crippen LogP contribution < -0.4 is 0 Å². The number of rotatable bonds is 4. The molecule has 0 aromatic heterocycles. The van der Waals surface area contributed by atoms with Gasteiger partial charge in [0.25, 0.3) is 0 Å². The summed E-state index contributed by atoms with van der Waals surface area (Å²) in [6.07, 6.45) is -0.778. The molecule has 3 aromatic rings. The first-order valence-electron chi connectivity index (χ1n) is 8.79. The van der Waals surface area contributed by atoms with Gasteiger partial charge < -0.3 is 10.2 Å². The van der Waals surface area contributed by atoms with Crippen LogP contribution in [0.15, 0.2) is 84.9 Å². The smallest absolute Gasteiger partial charge is 0.0845 e. The number of fused-ring (bicyclic) bond motifs is 1. The Bertz CT molecular complexity index is 829. The fraction of sp³-hybridized carbons (Fsp3) is 0.217. The molecule has 4 rings (SSSR count). The predicted octanol–water partition coefficient (Wildman–Crippen LogP) is 4.05. The highest BCUT2D eigenvalue weighted by molar-refractivity contribution is 5.51. The number of benzene rings is 3. The van der Waals surface area contributed by atoms with E-state index in [2.05, 4.69) is 54.6 Å². The first-order chi connectivity index (χ1) is 12.3. The van der Waals surface area contributed by atoms with Crippen molar-refractivity contribution in [2.45, 2.75) is 23.9 Å². The Labute approximate surface area is 148 Å². The molecule has 0 heterocycles. The third kappa shape index (κ3) is 2.78. The van der Waals surface area contributed by atoms with Gasteiger partial charge in [-0.15, -0.1) is 0 Å². The molecule has 2 N–H and O–H groups in total. The van der Waals surface area contributed by atoms with Gasteiger partial charge in [0.05, 0.1) is 12.7 Å². The molecule has 0 radical (unpaired) electrons. The molecule has 126 valence electrons. The molecule has 4 atom stereocenters. The van der Waals surface area contributed by atoms with E-state index in [1.54, 1.807) is 0 Å². The molecule has 1 aliphatic carbocycles. The molecule has 2 nitrogen and oxygen atoms in total. The zero-order chi connectivity index (χ0) is 17.2. The summed E-state index contributed by atoms with van der Waals surface area (Å²) >= 11 is 0. The summed E-state index contributed by atoms with van der Waals surface area (Å²) in [5.41, 5.74) is 4.84. The molecule has 0 fully saturated rings. The molecule has 3 aromatic carbocycles. The van der Waals surface area contributed by atoms with Gasteiger partial charge in [-0.25, -0.2) is 0 Å². The van der Waals surface area contributed by atoms with Crippen LogP contribution in [0.2, 0.25) is 0 Å². The monoisotopic (exact) mass is 330 g/mol. The van der Waals surface area contributed by atoms with Crippen molar-refractivity contribution in [1.82, 2.24) is 0 Å². The van der Waals surface area contributed by atoms with Gasteiger partial charge in [0.1, 0.15) is 0 Å². The highest BCUT2D eigenvalue weighted by Crippen LogP contribution is 2.55. The summed E-state index contributed by atoms with van der Waals surface area (Å²) in [5, 5.41) is 20.3. The summed E-state index contributed by atoms with van der Waals surface area (Å²) in [6, 6.07) is 29.2. The Morgan fingerprint density at radius 1 is 0.680 bits per heavy atom. The van der Waals surface area contributed by atoms with Crippen molar-refractivity contribution >= 4 is 0 Å². The lowest BCUT2D eigenvalue weighted by Gasteiger charge is -2.29. The quantitative estimate of drug-likeness (QED) is 0.757. The molecule has 2 heteroatoms. The van der Waals surface area contributed by atoms with E-state index in [1.165, 1.54) is 16.7 Å². The Hall–Kier alpha value is -2.42. The Balaban J connectivity index is 1.93. The van der Waals surface area contributed by atoms with Crippen LogP contribution in [0, 0.1) is 0 Å². The van der Waals surface area contributed by atoms with Crippen molar-refractivity contribution < 1.29 is 10.2 Å². The minimum atomic E-state index is -0.778. The maximum atomic E-state index is 10.7. The normalized spacial score (nSPS) is 23.2. The molecule has 0 amide bonds. The predicted molar refractivity (Wildman–Crippen MR) is 99.7 cm³/mol. The van der Waals surface area contributed by atoms with Crippen molar-refractivity contribution in [3.8, 4) is 0 Å². The number of hydrogen-bond acceptors (Lipinski definition) is 2. The largest absolute Gasteiger partial charge is 0.394 e. The van der Waals surface area contributed by atoms with Crippen LogP contribution in [-0.4, -0.2) is 22.9 Å². The summed E-state index contributed by atoms with van der Waals surface area (Å²) in [7, 11) is 0. The Morgan fingerprint density at radius 3 is 1.80 bits per heavy atom. The van der Waals surface area contributed by atoms with Crippen molar-refractivity contribution in [2.75, 3.05) is 6.61 Å². The van der Waals surface area contributed by atoms with Gasteiger partial charge in [-0.05, 0) is 22.3 Å². The SMILES string of the molecule is OCC(O)C1c2ccccc2C(c2ccccc2)C1c1ccccc1. The van der Waals surface area contributed by atoms with Crippen molar-refractivity contribution in [3.05, 3.63) is 107 Å². The minimum absolute atomic E-state index is 0.100. The molecule has 0 aliphatic heterocycles. The molecule has 0 bridgehead atoms. The molecule has 0 saturated carbocycles. The third-order valence-corrected chi connectivity index (χ3v) is 5.38. The highest BCUT2D eigenvalue weighted by atomic mass is 16.3. The molecular formula is C23H22O2. The fourth-order valence-electron chi connectivity index (χ4n) is 4.37. The summed E-state index contributed by atoms with van der Waals surface area (Å²) in [6.45, 7) is -0.232. The van der Waals surface area contributed by atoms with Crippen molar-refractivity contribution in [2.24, 2.45) is 0 Å². The van der Waals surface area contributed by atoms with Crippen LogP contribution in [0.4, 0.5) is 0 Å². The van der Waals surface area contributed by atoms with E-state index < -0.39 is 6.10 Å². The van der Waals surface area contributed by atoms with E-state index in [0.717, 1.165) is 5.56 Å². The highest BCUT2D eigenvalue weighted by Gasteiger charge is 2.44. The minimum Gasteiger partial charge on any atom is -0.394 e. The second kappa shape index (κ2) is 6.83. The van der Waals surface area contributed by atoms with E-state index in [1.807, 2.05) is 30.3 Å². The first-order valence-corrected chi connectivity index (χ1v) is 8.79. The maximum absolute atomic E-state index is 10.7. The Kier molecular flexibility index (Phi) is 4.39. The van der Waals surface area contributed by atoms with Gasteiger partial charge in [-0.2, -0.15) is 0 Å². The second-order valence-electron chi connectivity index (χ2n) is 6.73. The van der Waals surface area contributed by atoms with Gasteiger partial charge in [-0.1, -0.05) is 84.9 Å². The van der Waals surface area contributed by atoms with E-state index in [4.69, 9.17) is 0 Å². The van der Waals surface area contributed by atoms with Crippen molar-refractivity contribution in [1.29, 1.82) is 0 Å². The van der Waals surface area contributed by atoms with E-state index in [0.29, 0.717) is 0 Å². The van der Waals surface area contributed by atoms with Crippen LogP contribution in [0.1, 0.15) is 40.0 Å². The van der Waals surface area contributed by atoms with Gasteiger partial charge in [0.15, 0.2) is 0 Å². The molecule has 4 unspecified atom stereocenters. The van der Waals surface area contributed by atoms with Gasteiger partial charge >= 0.3 is 0 Å². The number of aliphatic hydroxyl groups excluding tert-OH is 2. The molecular weight excluding hydrogens is 308 g/mol. The van der Waals surface area contributed by atoms with E-state index in [9.17, 15) is 10.2 Å². The summed E-state index contributed by atoms with van der Waals surface area (Å²) < 4.78 is 0. The average molecular weight is 330 g/mol. The standard InChI is InChI=1S/C23H22O2/c24-15-20(25)23-19-14-8-7-13-18(19)21(16-9-3-1-4-10-16)22(23)17-11-5-2-6-12-17/h1-14,20-25H,15H2. The lowest BCUT2D eigenvalue weighted by molar-refractivity contribution is 0.0665. The Morgan fingerprint density at radius 2 is 1.20 bits per heavy atom. The molecule has 0 spiro atoms. The van der Waals surface area contributed by atoms with E-state index >= 15 is 0 Å². The zero-order valence-corrected chi connectivity index (χ0v) is 14.0. The molecule has 0 saturated heterocycles. The number of hydrogen-bond donors (Lipinski definition) is 2. The average Bonchev–Trinajstić information content (AvgIpc) is 3.04. The maximum Gasteiger partial charge on any atom is 0.0845 e. The first kappa shape index (κ1) is 16.1. The van der Waals surface area contributed by atoms with Gasteiger partial charge in [-0.3, -0.25) is 0 Å². The molecule has 25 heavy (non-hydrogen) atoms. The van der Waals surface area contributed by atoms with E-state index in [-0.39, 0.29) is 24.4 Å². The van der Waals surface area contributed by atoms with Crippen LogP contribution in [-0.2, 0) is 0 Å². The van der Waals surface area contributed by atoms with Gasteiger partial charge in [0, 0.05) is 17.8 Å². The van der Waals surface area contributed by atoms with Crippen LogP contribution in [0.25, 0.3) is 0 Å². The fourth-order valence-corrected chi connectivity index (χ4v) is 4.37. The zero-order valence-electron chi connectivity index (χ0n) is 14.0. The summed E-state index contributed by atoms with van der Waals surface area (Å²) in [4.78, 5) is 0.